The zero-order valence-electron chi connectivity index (χ0n) is 9.50. The van der Waals surface area contributed by atoms with Crippen molar-refractivity contribution in [1.29, 1.82) is 0 Å². The molecule has 2 N–H and O–H groups in total. The van der Waals surface area contributed by atoms with Gasteiger partial charge in [-0.05, 0) is 24.3 Å². The number of ether oxygens (including phenoxy) is 1. The lowest BCUT2D eigenvalue weighted by molar-refractivity contribution is 0.344. The molecule has 2 aromatic rings. The highest BCUT2D eigenvalue weighted by Crippen LogP contribution is 2.18. The van der Waals surface area contributed by atoms with Gasteiger partial charge < -0.3 is 10.5 Å². The summed E-state index contributed by atoms with van der Waals surface area (Å²) in [5, 5.41) is 0. The Morgan fingerprint density at radius 2 is 1.82 bits per heavy atom. The zero-order chi connectivity index (χ0) is 11.9. The zero-order valence-corrected chi connectivity index (χ0v) is 10.3. The monoisotopic (exact) mass is 245 g/mol. The van der Waals surface area contributed by atoms with E-state index in [2.05, 4.69) is 12.1 Å². The third-order valence-electron chi connectivity index (χ3n) is 2.22. The van der Waals surface area contributed by atoms with E-state index in [0.717, 1.165) is 17.2 Å². The van der Waals surface area contributed by atoms with E-state index in [9.17, 15) is 0 Å². The number of rotatable bonds is 5. The van der Waals surface area contributed by atoms with Crippen molar-refractivity contribution in [3.05, 3.63) is 54.6 Å². The molecule has 0 amide bonds. The summed E-state index contributed by atoms with van der Waals surface area (Å²) >= 11 is 1.79. The minimum absolute atomic E-state index is 0.684. The molecule has 2 nitrogen and oxygen atoms in total. The van der Waals surface area contributed by atoms with Crippen molar-refractivity contribution in [3.8, 4) is 5.75 Å². The molecular weight excluding hydrogens is 230 g/mol. The van der Waals surface area contributed by atoms with Crippen molar-refractivity contribution in [2.45, 2.75) is 4.90 Å². The molecule has 0 radical (unpaired) electrons. The van der Waals surface area contributed by atoms with Crippen LogP contribution in [0, 0.1) is 0 Å². The number of thioether (sulfide) groups is 1. The van der Waals surface area contributed by atoms with Crippen molar-refractivity contribution < 1.29 is 4.74 Å². The van der Waals surface area contributed by atoms with Crippen molar-refractivity contribution in [2.75, 3.05) is 18.1 Å². The molecule has 0 aliphatic carbocycles. The van der Waals surface area contributed by atoms with Crippen LogP contribution in [0.2, 0.25) is 0 Å². The lowest BCUT2D eigenvalue weighted by Crippen LogP contribution is -2.00. The summed E-state index contributed by atoms with van der Waals surface area (Å²) in [4.78, 5) is 1.27. The van der Waals surface area contributed by atoms with Gasteiger partial charge in [-0.15, -0.1) is 11.8 Å². The first-order valence-electron chi connectivity index (χ1n) is 5.51. The summed E-state index contributed by atoms with van der Waals surface area (Å²) in [6, 6.07) is 17.8. The first-order valence-corrected chi connectivity index (χ1v) is 6.49. The third-order valence-corrected chi connectivity index (χ3v) is 3.20. The maximum atomic E-state index is 5.67. The van der Waals surface area contributed by atoms with Gasteiger partial charge in [-0.25, -0.2) is 0 Å². The van der Waals surface area contributed by atoms with Gasteiger partial charge in [0.05, 0.1) is 6.61 Å². The van der Waals surface area contributed by atoms with Crippen LogP contribution < -0.4 is 10.5 Å². The van der Waals surface area contributed by atoms with Gasteiger partial charge in [-0.1, -0.05) is 24.3 Å². The number of benzene rings is 2. The summed E-state index contributed by atoms with van der Waals surface area (Å²) < 4.78 is 5.61. The van der Waals surface area contributed by atoms with Gasteiger partial charge in [-0.3, -0.25) is 0 Å². The molecule has 0 saturated heterocycles. The van der Waals surface area contributed by atoms with Crippen molar-refractivity contribution >= 4 is 17.4 Å². The summed E-state index contributed by atoms with van der Waals surface area (Å²) in [6.07, 6.45) is 0. The minimum Gasteiger partial charge on any atom is -0.493 e. The molecule has 0 aliphatic rings. The summed E-state index contributed by atoms with van der Waals surface area (Å²) in [5.74, 6) is 1.76. The van der Waals surface area contributed by atoms with E-state index in [1.165, 1.54) is 4.90 Å². The molecule has 0 saturated carbocycles. The molecule has 2 rings (SSSR count). The van der Waals surface area contributed by atoms with Crippen LogP contribution in [-0.2, 0) is 0 Å². The number of hydrogen-bond acceptors (Lipinski definition) is 3. The molecule has 3 heteroatoms. The number of nitrogens with two attached hydrogens (primary N) is 1. The van der Waals surface area contributed by atoms with Crippen molar-refractivity contribution in [1.82, 2.24) is 0 Å². The maximum Gasteiger partial charge on any atom is 0.121 e. The van der Waals surface area contributed by atoms with Gasteiger partial charge in [-0.2, -0.15) is 0 Å². The van der Waals surface area contributed by atoms with Gasteiger partial charge in [0.2, 0.25) is 0 Å². The smallest absolute Gasteiger partial charge is 0.121 e. The molecule has 0 aromatic heterocycles. The highest BCUT2D eigenvalue weighted by molar-refractivity contribution is 7.99. The van der Waals surface area contributed by atoms with Crippen LogP contribution >= 0.6 is 11.8 Å². The molecular formula is C14H15NOS. The molecule has 88 valence electrons. The standard InChI is InChI=1S/C14H15NOS/c15-12-5-4-6-13(11-12)16-9-10-17-14-7-2-1-3-8-14/h1-8,11H,9-10,15H2. The van der Waals surface area contributed by atoms with Gasteiger partial charge >= 0.3 is 0 Å². The summed E-state index contributed by atoms with van der Waals surface area (Å²) in [5.41, 5.74) is 6.40. The fourth-order valence-electron chi connectivity index (χ4n) is 1.44. The molecule has 17 heavy (non-hydrogen) atoms. The Bertz CT molecular complexity index is 459. The molecule has 0 aliphatic heterocycles. The van der Waals surface area contributed by atoms with Crippen LogP contribution in [0.5, 0.6) is 5.75 Å². The van der Waals surface area contributed by atoms with Crippen LogP contribution in [0.1, 0.15) is 0 Å². The SMILES string of the molecule is Nc1cccc(OCCSc2ccccc2)c1. The van der Waals surface area contributed by atoms with E-state index < -0.39 is 0 Å². The van der Waals surface area contributed by atoms with E-state index in [1.807, 2.05) is 42.5 Å². The summed E-state index contributed by atoms with van der Waals surface area (Å²) in [7, 11) is 0. The maximum absolute atomic E-state index is 5.67. The van der Waals surface area contributed by atoms with Crippen molar-refractivity contribution in [3.63, 3.8) is 0 Å². The minimum atomic E-state index is 0.684. The molecule has 0 bridgehead atoms. The molecule has 0 atom stereocenters. The average Bonchev–Trinajstić information content (AvgIpc) is 2.36. The number of anilines is 1. The Morgan fingerprint density at radius 3 is 2.59 bits per heavy atom. The largest absolute Gasteiger partial charge is 0.493 e. The molecule has 0 heterocycles. The number of hydrogen-bond donors (Lipinski definition) is 1. The normalized spacial score (nSPS) is 10.1. The average molecular weight is 245 g/mol. The van der Waals surface area contributed by atoms with Gasteiger partial charge in [0.25, 0.3) is 0 Å². The fourth-order valence-corrected chi connectivity index (χ4v) is 2.19. The first kappa shape index (κ1) is 11.9. The molecule has 0 spiro atoms. The second kappa shape index (κ2) is 6.21. The fraction of sp³-hybridized carbons (Fsp3) is 0.143. The Labute approximate surface area is 106 Å². The van der Waals surface area contributed by atoms with E-state index >= 15 is 0 Å². The van der Waals surface area contributed by atoms with Crippen LogP contribution in [0.3, 0.4) is 0 Å². The van der Waals surface area contributed by atoms with E-state index in [1.54, 1.807) is 11.8 Å². The van der Waals surface area contributed by atoms with E-state index in [0.29, 0.717) is 6.61 Å². The second-order valence-electron chi connectivity index (χ2n) is 3.58. The van der Waals surface area contributed by atoms with Gasteiger partial charge in [0.1, 0.15) is 5.75 Å². The highest BCUT2D eigenvalue weighted by Gasteiger charge is 1.95. The van der Waals surface area contributed by atoms with E-state index in [-0.39, 0.29) is 0 Å². The van der Waals surface area contributed by atoms with Crippen molar-refractivity contribution in [2.24, 2.45) is 0 Å². The summed E-state index contributed by atoms with van der Waals surface area (Å²) in [6.45, 7) is 0.684. The van der Waals surface area contributed by atoms with Crippen LogP contribution in [-0.4, -0.2) is 12.4 Å². The van der Waals surface area contributed by atoms with Crippen LogP contribution in [0.15, 0.2) is 59.5 Å². The van der Waals surface area contributed by atoms with E-state index in [4.69, 9.17) is 10.5 Å². The van der Waals surface area contributed by atoms with Crippen LogP contribution in [0.25, 0.3) is 0 Å². The molecule has 0 fully saturated rings. The predicted molar refractivity (Wildman–Crippen MR) is 73.5 cm³/mol. The molecule has 2 aromatic carbocycles. The van der Waals surface area contributed by atoms with Crippen LogP contribution in [0.4, 0.5) is 5.69 Å². The Kier molecular flexibility index (Phi) is 4.33. The third kappa shape index (κ3) is 4.04. The van der Waals surface area contributed by atoms with Gasteiger partial charge in [0, 0.05) is 22.4 Å². The second-order valence-corrected chi connectivity index (χ2v) is 4.75. The quantitative estimate of drug-likeness (QED) is 0.498. The molecule has 0 unspecified atom stereocenters. The lowest BCUT2D eigenvalue weighted by Gasteiger charge is -2.06. The highest BCUT2D eigenvalue weighted by atomic mass is 32.2. The topological polar surface area (TPSA) is 35.2 Å². The Morgan fingerprint density at radius 1 is 1.00 bits per heavy atom. The number of nitrogen functional groups attached to an aromatic ring is 1. The predicted octanol–water partition coefficient (Wildman–Crippen LogP) is 3.44. The van der Waals surface area contributed by atoms with Gasteiger partial charge in [0.15, 0.2) is 0 Å². The first-order chi connectivity index (χ1) is 8.34. The Hall–Kier alpha value is -1.61. The Balaban J connectivity index is 1.73. The lowest BCUT2D eigenvalue weighted by atomic mass is 10.3.